The van der Waals surface area contributed by atoms with E-state index in [1.54, 1.807) is 0 Å². The van der Waals surface area contributed by atoms with Gasteiger partial charge in [0.25, 0.3) is 0 Å². The third-order valence-corrected chi connectivity index (χ3v) is 3.06. The molecule has 1 aliphatic rings. The van der Waals surface area contributed by atoms with Crippen LogP contribution in [0, 0.1) is 5.41 Å². The lowest BCUT2D eigenvalue weighted by Crippen LogP contribution is -2.48. The van der Waals surface area contributed by atoms with Gasteiger partial charge < -0.3 is 14.6 Å². The van der Waals surface area contributed by atoms with Crippen molar-refractivity contribution in [1.82, 2.24) is 0 Å². The van der Waals surface area contributed by atoms with E-state index in [1.807, 2.05) is 19.1 Å². The molecule has 1 rings (SSSR count). The smallest absolute Gasteiger partial charge is 0.189 e. The molecule has 0 aliphatic carbocycles. The molecule has 0 atom stereocenters. The molecule has 0 aromatic heterocycles. The Hall–Kier alpha value is -0.380. The fourth-order valence-corrected chi connectivity index (χ4v) is 2.16. The van der Waals surface area contributed by atoms with Crippen molar-refractivity contribution in [2.75, 3.05) is 19.8 Å². The highest BCUT2D eigenvalue weighted by Crippen LogP contribution is 2.35. The maximum atomic E-state index is 9.05. The first-order valence-corrected chi connectivity index (χ1v) is 6.12. The minimum atomic E-state index is -0.698. The summed E-state index contributed by atoms with van der Waals surface area (Å²) in [4.78, 5) is 0. The molecule has 0 bridgehead atoms. The molecule has 94 valence electrons. The van der Waals surface area contributed by atoms with Gasteiger partial charge in [-0.15, -0.1) is 0 Å². The zero-order valence-electron chi connectivity index (χ0n) is 10.7. The summed E-state index contributed by atoms with van der Waals surface area (Å²) in [5.74, 6) is -0.698. The Morgan fingerprint density at radius 2 is 1.88 bits per heavy atom. The first kappa shape index (κ1) is 13.7. The maximum Gasteiger partial charge on any atom is 0.189 e. The monoisotopic (exact) mass is 228 g/mol. The second kappa shape index (κ2) is 5.80. The van der Waals surface area contributed by atoms with Crippen molar-refractivity contribution in [3.63, 3.8) is 0 Å². The molecule has 0 unspecified atom stereocenters. The lowest BCUT2D eigenvalue weighted by atomic mass is 9.86. The molecule has 0 radical (unpaired) electrons. The Balaban J connectivity index is 2.62. The largest absolute Gasteiger partial charge is 0.396 e. The van der Waals surface area contributed by atoms with Crippen molar-refractivity contribution >= 4 is 0 Å². The number of hydrogen-bond acceptors (Lipinski definition) is 3. The van der Waals surface area contributed by atoms with Crippen LogP contribution in [0.5, 0.6) is 0 Å². The van der Waals surface area contributed by atoms with Crippen LogP contribution < -0.4 is 0 Å². The Kier molecular flexibility index (Phi) is 4.96. The van der Waals surface area contributed by atoms with Gasteiger partial charge in [-0.1, -0.05) is 26.3 Å². The van der Waals surface area contributed by atoms with Crippen molar-refractivity contribution < 1.29 is 14.6 Å². The van der Waals surface area contributed by atoms with Gasteiger partial charge in [0, 0.05) is 18.4 Å². The van der Waals surface area contributed by atoms with Crippen molar-refractivity contribution in [3.05, 3.63) is 12.2 Å². The SMILES string of the molecule is CC=CC1(CCO)OCC(C)(CCC)CO1. The summed E-state index contributed by atoms with van der Waals surface area (Å²) < 4.78 is 11.7. The van der Waals surface area contributed by atoms with Gasteiger partial charge >= 0.3 is 0 Å². The molecule has 3 nitrogen and oxygen atoms in total. The van der Waals surface area contributed by atoms with E-state index in [-0.39, 0.29) is 12.0 Å². The molecule has 1 aliphatic heterocycles. The molecule has 0 spiro atoms. The first-order valence-electron chi connectivity index (χ1n) is 6.12. The zero-order valence-corrected chi connectivity index (χ0v) is 10.7. The molecule has 0 aromatic carbocycles. The Morgan fingerprint density at radius 3 is 2.31 bits per heavy atom. The van der Waals surface area contributed by atoms with Crippen LogP contribution in [0.3, 0.4) is 0 Å². The van der Waals surface area contributed by atoms with Crippen LogP contribution in [0.25, 0.3) is 0 Å². The summed E-state index contributed by atoms with van der Waals surface area (Å²) >= 11 is 0. The zero-order chi connectivity index (χ0) is 12.1. The van der Waals surface area contributed by atoms with E-state index in [2.05, 4.69) is 13.8 Å². The molecule has 0 aromatic rings. The summed E-state index contributed by atoms with van der Waals surface area (Å²) in [6.07, 6.45) is 6.56. The maximum absolute atomic E-state index is 9.05. The molecule has 0 saturated carbocycles. The molecule has 3 heteroatoms. The quantitative estimate of drug-likeness (QED) is 0.735. The lowest BCUT2D eigenvalue weighted by molar-refractivity contribution is -0.280. The number of ether oxygens (including phenoxy) is 2. The number of rotatable bonds is 5. The summed E-state index contributed by atoms with van der Waals surface area (Å²) in [5, 5.41) is 9.05. The normalized spacial score (nSPS) is 35.8. The molecule has 0 amide bonds. The van der Waals surface area contributed by atoms with Crippen LogP contribution in [-0.2, 0) is 9.47 Å². The first-order chi connectivity index (χ1) is 7.60. The van der Waals surface area contributed by atoms with Crippen LogP contribution in [-0.4, -0.2) is 30.7 Å². The van der Waals surface area contributed by atoms with E-state index >= 15 is 0 Å². The van der Waals surface area contributed by atoms with E-state index in [9.17, 15) is 0 Å². The van der Waals surface area contributed by atoms with Gasteiger partial charge in [-0.25, -0.2) is 0 Å². The van der Waals surface area contributed by atoms with Crippen molar-refractivity contribution in [2.24, 2.45) is 5.41 Å². The number of hydrogen-bond donors (Lipinski definition) is 1. The van der Waals surface area contributed by atoms with Crippen molar-refractivity contribution in [2.45, 2.75) is 45.8 Å². The molecule has 1 saturated heterocycles. The van der Waals surface area contributed by atoms with Crippen molar-refractivity contribution in [3.8, 4) is 0 Å². The summed E-state index contributed by atoms with van der Waals surface area (Å²) in [6.45, 7) is 7.78. The molecule has 1 N–H and O–H groups in total. The van der Waals surface area contributed by atoms with Crippen LogP contribution in [0.15, 0.2) is 12.2 Å². The fourth-order valence-electron chi connectivity index (χ4n) is 2.16. The molecular weight excluding hydrogens is 204 g/mol. The average Bonchev–Trinajstić information content (AvgIpc) is 2.24. The van der Waals surface area contributed by atoms with Gasteiger partial charge in [-0.3, -0.25) is 0 Å². The minimum Gasteiger partial charge on any atom is -0.396 e. The number of aliphatic hydroxyl groups is 1. The highest BCUT2D eigenvalue weighted by Gasteiger charge is 2.39. The van der Waals surface area contributed by atoms with E-state index in [0.717, 1.165) is 12.8 Å². The van der Waals surface area contributed by atoms with E-state index in [4.69, 9.17) is 14.6 Å². The molecule has 1 heterocycles. The summed E-state index contributed by atoms with van der Waals surface area (Å²) in [6, 6.07) is 0. The van der Waals surface area contributed by atoms with Crippen LogP contribution in [0.2, 0.25) is 0 Å². The highest BCUT2D eigenvalue weighted by atomic mass is 16.7. The topological polar surface area (TPSA) is 38.7 Å². The van der Waals surface area contributed by atoms with E-state index < -0.39 is 5.79 Å². The van der Waals surface area contributed by atoms with E-state index in [1.165, 1.54) is 0 Å². The predicted molar refractivity (Wildman–Crippen MR) is 64.2 cm³/mol. The van der Waals surface area contributed by atoms with Gasteiger partial charge in [0.1, 0.15) is 0 Å². The van der Waals surface area contributed by atoms with Gasteiger partial charge in [0.15, 0.2) is 5.79 Å². The van der Waals surface area contributed by atoms with Crippen molar-refractivity contribution in [1.29, 1.82) is 0 Å². The summed E-state index contributed by atoms with van der Waals surface area (Å²) in [5.41, 5.74) is 0.120. The fraction of sp³-hybridized carbons (Fsp3) is 0.846. The van der Waals surface area contributed by atoms with Gasteiger partial charge in [-0.05, 0) is 19.4 Å². The number of aliphatic hydroxyl groups excluding tert-OH is 1. The second-order valence-corrected chi connectivity index (χ2v) is 4.92. The van der Waals surface area contributed by atoms with Crippen LogP contribution in [0.1, 0.15) is 40.0 Å². The molecule has 1 fully saturated rings. The summed E-state index contributed by atoms with van der Waals surface area (Å²) in [7, 11) is 0. The number of allylic oxidation sites excluding steroid dienone is 1. The average molecular weight is 228 g/mol. The van der Waals surface area contributed by atoms with Crippen LogP contribution in [0.4, 0.5) is 0 Å². The minimum absolute atomic E-state index is 0.0782. The van der Waals surface area contributed by atoms with Gasteiger partial charge in [-0.2, -0.15) is 0 Å². The lowest BCUT2D eigenvalue weighted by Gasteiger charge is -2.43. The Morgan fingerprint density at radius 1 is 1.25 bits per heavy atom. The predicted octanol–water partition coefficient (Wildman–Crippen LogP) is 2.49. The standard InChI is InChI=1S/C13H24O3/c1-4-6-12(3)10-15-13(7-5-2,8-9-14)16-11-12/h5,7,14H,4,6,8-11H2,1-3H3. The third kappa shape index (κ3) is 3.30. The Bertz CT molecular complexity index is 227. The van der Waals surface area contributed by atoms with Crippen LogP contribution >= 0.6 is 0 Å². The van der Waals surface area contributed by atoms with E-state index in [0.29, 0.717) is 19.6 Å². The van der Waals surface area contributed by atoms with Gasteiger partial charge in [0.2, 0.25) is 0 Å². The van der Waals surface area contributed by atoms with Gasteiger partial charge in [0.05, 0.1) is 13.2 Å². The Labute approximate surface area is 98.4 Å². The molecular formula is C13H24O3. The second-order valence-electron chi connectivity index (χ2n) is 4.92. The highest BCUT2D eigenvalue weighted by molar-refractivity contribution is 4.97. The molecule has 16 heavy (non-hydrogen) atoms. The third-order valence-electron chi connectivity index (χ3n) is 3.06.